The molecule has 5 aromatic rings. The van der Waals surface area contributed by atoms with E-state index >= 15 is 0 Å². The summed E-state index contributed by atoms with van der Waals surface area (Å²) in [7, 11) is 0. The van der Waals surface area contributed by atoms with Gasteiger partial charge in [0.25, 0.3) is 5.91 Å². The monoisotopic (exact) mass is 432 g/mol. The Labute approximate surface area is 181 Å². The summed E-state index contributed by atoms with van der Waals surface area (Å²) in [6.45, 7) is 6.18. The highest BCUT2D eigenvalue weighted by atomic mass is 32.1. The molecule has 4 heterocycles. The van der Waals surface area contributed by atoms with E-state index in [1.54, 1.807) is 6.20 Å². The molecule has 5 rings (SSSR count). The zero-order valence-electron chi connectivity index (χ0n) is 17.2. The molecule has 0 saturated heterocycles. The standard InChI is InChI=1S/C21H20N8OS/c1-21(2,3)29-18-15(17(22)24-10-25-18)16(28-29)12-5-4-11-8-14(26-13(11)9-12)19(30)27-20-23-6-7-31-20/h4-10,26H,1-3H3,(H2,22,24,25)(H,23,27,30). The van der Waals surface area contributed by atoms with Crippen molar-refractivity contribution in [3.63, 3.8) is 0 Å². The topological polar surface area (TPSA) is 127 Å². The number of nitrogens with two attached hydrogens (primary N) is 1. The van der Waals surface area contributed by atoms with Gasteiger partial charge in [0.1, 0.15) is 23.5 Å². The number of nitrogens with one attached hydrogen (secondary N) is 2. The molecule has 0 saturated carbocycles. The van der Waals surface area contributed by atoms with Gasteiger partial charge in [-0.15, -0.1) is 11.3 Å². The number of thiazole rings is 1. The quantitative estimate of drug-likeness (QED) is 0.395. The lowest BCUT2D eigenvalue weighted by Gasteiger charge is -2.19. The van der Waals surface area contributed by atoms with Gasteiger partial charge in [0.15, 0.2) is 10.8 Å². The maximum atomic E-state index is 12.5. The summed E-state index contributed by atoms with van der Waals surface area (Å²) in [6, 6.07) is 7.67. The fourth-order valence-electron chi connectivity index (χ4n) is 3.49. The first-order valence-electron chi connectivity index (χ1n) is 9.65. The molecule has 9 nitrogen and oxygen atoms in total. The lowest BCUT2D eigenvalue weighted by Crippen LogP contribution is -2.23. The molecule has 156 valence electrons. The smallest absolute Gasteiger partial charge is 0.273 e. The second-order valence-corrected chi connectivity index (χ2v) is 9.06. The summed E-state index contributed by atoms with van der Waals surface area (Å²) in [5.41, 5.74) is 9.43. The van der Waals surface area contributed by atoms with Gasteiger partial charge in [0, 0.05) is 28.0 Å². The first-order chi connectivity index (χ1) is 14.8. The molecule has 0 fully saturated rings. The van der Waals surface area contributed by atoms with Crippen molar-refractivity contribution in [2.45, 2.75) is 26.3 Å². The second kappa shape index (κ2) is 6.88. The molecule has 0 atom stereocenters. The van der Waals surface area contributed by atoms with Crippen LogP contribution >= 0.6 is 11.3 Å². The van der Waals surface area contributed by atoms with Gasteiger partial charge in [-0.05, 0) is 32.9 Å². The number of amides is 1. The van der Waals surface area contributed by atoms with Crippen molar-refractivity contribution < 1.29 is 4.79 Å². The van der Waals surface area contributed by atoms with Crippen molar-refractivity contribution in [3.05, 3.63) is 47.9 Å². The maximum absolute atomic E-state index is 12.5. The Balaban J connectivity index is 1.60. The number of H-pyrrole nitrogens is 1. The molecule has 1 amide bonds. The molecule has 0 aliphatic heterocycles. The molecule has 0 aliphatic rings. The highest BCUT2D eigenvalue weighted by Gasteiger charge is 2.24. The summed E-state index contributed by atoms with van der Waals surface area (Å²) in [5.74, 6) is 0.137. The third-order valence-electron chi connectivity index (χ3n) is 4.92. The first-order valence-corrected chi connectivity index (χ1v) is 10.5. The predicted molar refractivity (Wildman–Crippen MR) is 122 cm³/mol. The summed E-state index contributed by atoms with van der Waals surface area (Å²) < 4.78 is 1.86. The number of nitrogen functional groups attached to an aromatic ring is 1. The third-order valence-corrected chi connectivity index (χ3v) is 5.61. The third kappa shape index (κ3) is 3.30. The summed E-state index contributed by atoms with van der Waals surface area (Å²) >= 11 is 1.37. The Hall–Kier alpha value is -3.79. The van der Waals surface area contributed by atoms with Gasteiger partial charge in [-0.25, -0.2) is 19.6 Å². The molecule has 0 aliphatic carbocycles. The maximum Gasteiger partial charge on any atom is 0.273 e. The number of aromatic nitrogens is 6. The zero-order chi connectivity index (χ0) is 21.8. The number of carbonyl (C=O) groups excluding carboxylic acids is 1. The van der Waals surface area contributed by atoms with E-state index in [2.05, 4.69) is 46.0 Å². The van der Waals surface area contributed by atoms with Crippen LogP contribution in [0.2, 0.25) is 0 Å². The number of rotatable bonds is 3. The predicted octanol–water partition coefficient (Wildman–Crippen LogP) is 4.02. The van der Waals surface area contributed by atoms with Crippen molar-refractivity contribution in [1.29, 1.82) is 0 Å². The van der Waals surface area contributed by atoms with E-state index in [-0.39, 0.29) is 11.4 Å². The van der Waals surface area contributed by atoms with Gasteiger partial charge in [0.2, 0.25) is 0 Å². The van der Waals surface area contributed by atoms with Gasteiger partial charge < -0.3 is 10.7 Å². The average Bonchev–Trinajstić information content (AvgIpc) is 3.45. The molecule has 0 unspecified atom stereocenters. The van der Waals surface area contributed by atoms with Crippen LogP contribution in [0.15, 0.2) is 42.2 Å². The average molecular weight is 433 g/mol. The van der Waals surface area contributed by atoms with Crippen LogP contribution in [0.5, 0.6) is 0 Å². The van der Waals surface area contributed by atoms with E-state index in [9.17, 15) is 4.79 Å². The molecular weight excluding hydrogens is 412 g/mol. The van der Waals surface area contributed by atoms with Crippen LogP contribution in [0.1, 0.15) is 31.3 Å². The summed E-state index contributed by atoms with van der Waals surface area (Å²) in [4.78, 5) is 28.4. The fraction of sp³-hybridized carbons (Fsp3) is 0.190. The van der Waals surface area contributed by atoms with E-state index in [1.165, 1.54) is 17.7 Å². The number of fused-ring (bicyclic) bond motifs is 2. The Morgan fingerprint density at radius 3 is 2.77 bits per heavy atom. The van der Waals surface area contributed by atoms with Crippen LogP contribution in [-0.4, -0.2) is 35.6 Å². The zero-order valence-corrected chi connectivity index (χ0v) is 18.0. The van der Waals surface area contributed by atoms with Gasteiger partial charge in [-0.3, -0.25) is 10.1 Å². The molecule has 0 bridgehead atoms. The molecule has 4 aromatic heterocycles. The Bertz CT molecular complexity index is 1430. The van der Waals surface area contributed by atoms with Crippen molar-refractivity contribution in [1.82, 2.24) is 29.7 Å². The second-order valence-electron chi connectivity index (χ2n) is 8.17. The minimum Gasteiger partial charge on any atom is -0.383 e. The Morgan fingerprint density at radius 2 is 2.03 bits per heavy atom. The van der Waals surface area contributed by atoms with Crippen molar-refractivity contribution in [2.24, 2.45) is 0 Å². The number of anilines is 2. The van der Waals surface area contributed by atoms with E-state index in [4.69, 9.17) is 10.8 Å². The minimum absolute atomic E-state index is 0.243. The lowest BCUT2D eigenvalue weighted by atomic mass is 10.1. The van der Waals surface area contributed by atoms with Crippen LogP contribution < -0.4 is 11.1 Å². The van der Waals surface area contributed by atoms with Crippen molar-refractivity contribution in [2.75, 3.05) is 11.1 Å². The highest BCUT2D eigenvalue weighted by Crippen LogP contribution is 2.34. The number of hydrogen-bond acceptors (Lipinski definition) is 7. The van der Waals surface area contributed by atoms with Gasteiger partial charge in [-0.2, -0.15) is 5.10 Å². The molecule has 4 N–H and O–H groups in total. The minimum atomic E-state index is -0.283. The van der Waals surface area contributed by atoms with Gasteiger partial charge in [0.05, 0.1) is 10.9 Å². The summed E-state index contributed by atoms with van der Waals surface area (Å²) in [5, 5.41) is 11.6. The van der Waals surface area contributed by atoms with E-state index in [0.717, 1.165) is 16.5 Å². The molecular formula is C21H20N8OS. The number of benzene rings is 1. The van der Waals surface area contributed by atoms with Gasteiger partial charge >= 0.3 is 0 Å². The molecule has 31 heavy (non-hydrogen) atoms. The van der Waals surface area contributed by atoms with Crippen LogP contribution in [0.4, 0.5) is 10.9 Å². The van der Waals surface area contributed by atoms with Crippen LogP contribution in [0.25, 0.3) is 33.2 Å². The normalized spacial score (nSPS) is 12.0. The van der Waals surface area contributed by atoms with Crippen LogP contribution in [0, 0.1) is 0 Å². The lowest BCUT2D eigenvalue weighted by molar-refractivity contribution is 0.102. The number of hydrogen-bond donors (Lipinski definition) is 3. The van der Waals surface area contributed by atoms with Crippen molar-refractivity contribution in [3.8, 4) is 11.3 Å². The van der Waals surface area contributed by atoms with E-state index < -0.39 is 0 Å². The largest absolute Gasteiger partial charge is 0.383 e. The molecule has 1 aromatic carbocycles. The fourth-order valence-corrected chi connectivity index (χ4v) is 4.01. The number of nitrogens with zero attached hydrogens (tertiary/aromatic N) is 5. The number of aromatic amines is 1. The van der Waals surface area contributed by atoms with Gasteiger partial charge in [-0.1, -0.05) is 12.1 Å². The molecule has 10 heteroatoms. The first kappa shape index (κ1) is 19.2. The SMILES string of the molecule is CC(C)(C)n1nc(-c2ccc3cc(C(=O)Nc4nccs4)[nH]c3c2)c2c(N)ncnc21. The van der Waals surface area contributed by atoms with Crippen LogP contribution in [0.3, 0.4) is 0 Å². The summed E-state index contributed by atoms with van der Waals surface area (Å²) in [6.07, 6.45) is 3.10. The molecule has 0 spiro atoms. The number of carbonyl (C=O) groups is 1. The van der Waals surface area contributed by atoms with E-state index in [0.29, 0.717) is 33.4 Å². The Kier molecular flexibility index (Phi) is 4.26. The van der Waals surface area contributed by atoms with Crippen LogP contribution in [-0.2, 0) is 5.54 Å². The molecule has 0 radical (unpaired) electrons. The van der Waals surface area contributed by atoms with Crippen molar-refractivity contribution >= 4 is 50.1 Å². The highest BCUT2D eigenvalue weighted by molar-refractivity contribution is 7.13. The van der Waals surface area contributed by atoms with E-state index in [1.807, 2.05) is 34.3 Å². The Morgan fingerprint density at radius 1 is 1.19 bits per heavy atom.